The Kier molecular flexibility index (Phi) is 7.69. The highest BCUT2D eigenvalue weighted by Gasteiger charge is 2.41. The maximum absolute atomic E-state index is 12.8. The van der Waals surface area contributed by atoms with Crippen LogP contribution in [-0.2, 0) is 4.79 Å². The van der Waals surface area contributed by atoms with Gasteiger partial charge in [-0.3, -0.25) is 9.59 Å². The lowest BCUT2D eigenvalue weighted by Gasteiger charge is -2.27. The number of rotatable bonds is 9. The molecule has 0 bridgehead atoms. The fraction of sp³-hybridized carbons (Fsp3) is 0.667. The zero-order valence-corrected chi connectivity index (χ0v) is 15.4. The molecule has 0 aromatic carbocycles. The van der Waals surface area contributed by atoms with Gasteiger partial charge in [-0.15, -0.1) is 11.8 Å². The summed E-state index contributed by atoms with van der Waals surface area (Å²) in [7, 11) is 0. The second-order valence-corrected chi connectivity index (χ2v) is 7.34. The molecule has 1 aliphatic rings. The zero-order chi connectivity index (χ0) is 17.4. The predicted molar refractivity (Wildman–Crippen MR) is 97.0 cm³/mol. The van der Waals surface area contributed by atoms with Gasteiger partial charge in [0.1, 0.15) is 6.04 Å². The largest absolute Gasteiger partial charge is 0.459 e. The second-order valence-electron chi connectivity index (χ2n) is 6.13. The van der Waals surface area contributed by atoms with Crippen LogP contribution in [0.1, 0.15) is 62.9 Å². The van der Waals surface area contributed by atoms with Gasteiger partial charge in [0, 0.05) is 12.3 Å². The number of hydrogen-bond donors (Lipinski definition) is 1. The zero-order valence-electron chi connectivity index (χ0n) is 14.6. The van der Waals surface area contributed by atoms with Crippen molar-refractivity contribution in [3.05, 3.63) is 24.2 Å². The Labute approximate surface area is 148 Å². The molecule has 24 heavy (non-hydrogen) atoms. The predicted octanol–water partition coefficient (Wildman–Crippen LogP) is 3.66. The third kappa shape index (κ3) is 4.79. The molecule has 1 aromatic rings. The summed E-state index contributed by atoms with van der Waals surface area (Å²) in [6.07, 6.45) is 7.85. The van der Waals surface area contributed by atoms with Crippen molar-refractivity contribution in [3.63, 3.8) is 0 Å². The Morgan fingerprint density at radius 3 is 2.79 bits per heavy atom. The van der Waals surface area contributed by atoms with Crippen molar-refractivity contribution >= 4 is 23.6 Å². The van der Waals surface area contributed by atoms with Gasteiger partial charge in [-0.05, 0) is 25.0 Å². The molecule has 5 nitrogen and oxygen atoms in total. The van der Waals surface area contributed by atoms with E-state index in [2.05, 4.69) is 19.2 Å². The van der Waals surface area contributed by atoms with Crippen LogP contribution in [0.3, 0.4) is 0 Å². The van der Waals surface area contributed by atoms with Gasteiger partial charge in [0.2, 0.25) is 5.91 Å². The van der Waals surface area contributed by atoms with E-state index in [0.717, 1.165) is 25.7 Å². The van der Waals surface area contributed by atoms with E-state index in [-0.39, 0.29) is 17.2 Å². The third-order valence-corrected chi connectivity index (χ3v) is 5.58. The molecule has 1 saturated heterocycles. The first kappa shape index (κ1) is 18.9. The fourth-order valence-electron chi connectivity index (χ4n) is 2.92. The molecule has 134 valence electrons. The monoisotopic (exact) mass is 352 g/mol. The third-order valence-electron chi connectivity index (χ3n) is 4.23. The van der Waals surface area contributed by atoms with Gasteiger partial charge in [-0.25, -0.2) is 0 Å². The molecule has 6 heteroatoms. The molecule has 0 radical (unpaired) electrons. The summed E-state index contributed by atoms with van der Waals surface area (Å²) in [5.41, 5.74) is 0. The Hall–Kier alpha value is -1.43. The molecule has 2 heterocycles. The highest BCUT2D eigenvalue weighted by Crippen LogP contribution is 2.33. The average Bonchev–Trinajstić information content (AvgIpc) is 3.24. The SMILES string of the molecule is CCCCCCNC(=O)C1CSC(CCC)N1C(=O)c1ccco1. The Balaban J connectivity index is 1.98. The van der Waals surface area contributed by atoms with Crippen molar-refractivity contribution in [3.8, 4) is 0 Å². The first-order chi connectivity index (χ1) is 11.7. The minimum absolute atomic E-state index is 0.0440. The van der Waals surface area contributed by atoms with Crippen molar-refractivity contribution in [1.82, 2.24) is 10.2 Å². The minimum Gasteiger partial charge on any atom is -0.459 e. The number of thioether (sulfide) groups is 1. The summed E-state index contributed by atoms with van der Waals surface area (Å²) in [4.78, 5) is 27.0. The normalized spacial score (nSPS) is 20.3. The molecule has 0 saturated carbocycles. The van der Waals surface area contributed by atoms with E-state index < -0.39 is 6.04 Å². The Morgan fingerprint density at radius 1 is 1.29 bits per heavy atom. The fourth-order valence-corrected chi connectivity index (χ4v) is 4.44. The lowest BCUT2D eigenvalue weighted by molar-refractivity contribution is -0.124. The first-order valence-corrected chi connectivity index (χ1v) is 9.99. The molecular weight excluding hydrogens is 324 g/mol. The van der Waals surface area contributed by atoms with E-state index in [0.29, 0.717) is 18.1 Å². The van der Waals surface area contributed by atoms with Gasteiger partial charge in [0.15, 0.2) is 5.76 Å². The lowest BCUT2D eigenvalue weighted by atomic mass is 10.2. The Bertz CT molecular complexity index is 518. The number of unbranched alkanes of at least 4 members (excludes halogenated alkanes) is 3. The summed E-state index contributed by atoms with van der Waals surface area (Å²) in [6, 6.07) is 2.96. The van der Waals surface area contributed by atoms with Gasteiger partial charge in [0.25, 0.3) is 5.91 Å². The van der Waals surface area contributed by atoms with Crippen LogP contribution in [0, 0.1) is 0 Å². The number of hydrogen-bond acceptors (Lipinski definition) is 4. The van der Waals surface area contributed by atoms with Gasteiger partial charge in [-0.2, -0.15) is 0 Å². The van der Waals surface area contributed by atoms with Crippen molar-refractivity contribution in [2.75, 3.05) is 12.3 Å². The van der Waals surface area contributed by atoms with Crippen LogP contribution >= 0.6 is 11.8 Å². The molecule has 2 atom stereocenters. The van der Waals surface area contributed by atoms with Crippen molar-refractivity contribution < 1.29 is 14.0 Å². The highest BCUT2D eigenvalue weighted by atomic mass is 32.2. The van der Waals surface area contributed by atoms with Crippen LogP contribution < -0.4 is 5.32 Å². The van der Waals surface area contributed by atoms with Gasteiger partial charge in [-0.1, -0.05) is 39.5 Å². The van der Waals surface area contributed by atoms with Crippen LogP contribution in [0.2, 0.25) is 0 Å². The number of furan rings is 1. The van der Waals surface area contributed by atoms with E-state index in [1.807, 2.05) is 0 Å². The molecule has 1 aromatic heterocycles. The maximum atomic E-state index is 12.8. The molecular formula is C18H28N2O3S. The molecule has 0 spiro atoms. The van der Waals surface area contributed by atoms with Crippen LogP contribution in [-0.4, -0.2) is 40.4 Å². The van der Waals surface area contributed by atoms with Crippen molar-refractivity contribution in [2.24, 2.45) is 0 Å². The number of carbonyl (C=O) groups excluding carboxylic acids is 2. The highest BCUT2D eigenvalue weighted by molar-refractivity contribution is 8.00. The molecule has 2 rings (SSSR count). The summed E-state index contributed by atoms with van der Waals surface area (Å²) < 4.78 is 5.26. The van der Waals surface area contributed by atoms with Crippen LogP contribution in [0.25, 0.3) is 0 Å². The van der Waals surface area contributed by atoms with E-state index >= 15 is 0 Å². The number of amides is 2. The van der Waals surface area contributed by atoms with Gasteiger partial charge < -0.3 is 14.6 Å². The molecule has 1 aliphatic heterocycles. The molecule has 0 aliphatic carbocycles. The smallest absolute Gasteiger partial charge is 0.291 e. The standard InChI is InChI=1S/C18H28N2O3S/c1-3-5-6-7-11-19-17(21)14-13-24-16(9-4-2)20(14)18(22)15-10-8-12-23-15/h8,10,12,14,16H,3-7,9,11,13H2,1-2H3,(H,19,21). The summed E-state index contributed by atoms with van der Waals surface area (Å²) in [5.74, 6) is 0.726. The van der Waals surface area contributed by atoms with E-state index in [9.17, 15) is 9.59 Å². The minimum atomic E-state index is -0.407. The maximum Gasteiger partial charge on any atom is 0.291 e. The van der Waals surface area contributed by atoms with Crippen LogP contribution in [0.5, 0.6) is 0 Å². The van der Waals surface area contributed by atoms with Crippen molar-refractivity contribution in [2.45, 2.75) is 63.8 Å². The number of nitrogens with zero attached hydrogens (tertiary/aromatic N) is 1. The quantitative estimate of drug-likeness (QED) is 0.689. The Morgan fingerprint density at radius 2 is 2.12 bits per heavy atom. The lowest BCUT2D eigenvalue weighted by Crippen LogP contribution is -2.49. The van der Waals surface area contributed by atoms with Crippen LogP contribution in [0.15, 0.2) is 22.8 Å². The molecule has 1 fully saturated rings. The molecule has 1 N–H and O–H groups in total. The number of carbonyl (C=O) groups is 2. The van der Waals surface area contributed by atoms with E-state index in [1.54, 1.807) is 28.8 Å². The summed E-state index contributed by atoms with van der Waals surface area (Å²) >= 11 is 1.69. The topological polar surface area (TPSA) is 62.6 Å². The summed E-state index contributed by atoms with van der Waals surface area (Å²) in [6.45, 7) is 4.94. The molecule has 2 amide bonds. The van der Waals surface area contributed by atoms with Crippen molar-refractivity contribution in [1.29, 1.82) is 0 Å². The van der Waals surface area contributed by atoms with Crippen LogP contribution in [0.4, 0.5) is 0 Å². The molecule has 2 unspecified atom stereocenters. The number of nitrogens with one attached hydrogen (secondary N) is 1. The first-order valence-electron chi connectivity index (χ1n) is 8.94. The summed E-state index contributed by atoms with van der Waals surface area (Å²) in [5, 5.41) is 3.04. The van der Waals surface area contributed by atoms with E-state index in [4.69, 9.17) is 4.42 Å². The average molecular weight is 353 g/mol. The second kappa shape index (κ2) is 9.77. The van der Waals surface area contributed by atoms with Gasteiger partial charge >= 0.3 is 0 Å². The van der Waals surface area contributed by atoms with E-state index in [1.165, 1.54) is 19.1 Å². The van der Waals surface area contributed by atoms with Gasteiger partial charge in [0.05, 0.1) is 11.6 Å².